The SMILES string of the molecule is COc1ccccc1-n1nc(C(=O)NC2CCCCC2C)c(O)cc1=O. The fourth-order valence-corrected chi connectivity index (χ4v) is 3.35. The first-order chi connectivity index (χ1) is 12.5. The van der Waals surface area contributed by atoms with Crippen molar-refractivity contribution in [2.45, 2.75) is 38.6 Å². The number of carbonyl (C=O) groups excluding carboxylic acids is 1. The highest BCUT2D eigenvalue weighted by Crippen LogP contribution is 2.25. The molecule has 1 aliphatic carbocycles. The quantitative estimate of drug-likeness (QED) is 0.875. The van der Waals surface area contributed by atoms with Crippen molar-refractivity contribution in [2.24, 2.45) is 5.92 Å². The zero-order chi connectivity index (χ0) is 18.7. The molecule has 0 spiro atoms. The molecular formula is C19H23N3O4. The summed E-state index contributed by atoms with van der Waals surface area (Å²) in [5.74, 6) is -0.0953. The van der Waals surface area contributed by atoms with E-state index < -0.39 is 17.2 Å². The highest BCUT2D eigenvalue weighted by atomic mass is 16.5. The predicted molar refractivity (Wildman–Crippen MR) is 96.9 cm³/mol. The maximum absolute atomic E-state index is 12.6. The van der Waals surface area contributed by atoms with Gasteiger partial charge in [-0.15, -0.1) is 0 Å². The summed E-state index contributed by atoms with van der Waals surface area (Å²) >= 11 is 0. The third-order valence-electron chi connectivity index (χ3n) is 4.87. The van der Waals surface area contributed by atoms with Crippen LogP contribution in [0.25, 0.3) is 5.69 Å². The summed E-state index contributed by atoms with van der Waals surface area (Å²) in [6.07, 6.45) is 4.19. The largest absolute Gasteiger partial charge is 0.505 e. The lowest BCUT2D eigenvalue weighted by Gasteiger charge is -2.29. The van der Waals surface area contributed by atoms with Gasteiger partial charge in [0.05, 0.1) is 7.11 Å². The van der Waals surface area contributed by atoms with Crippen LogP contribution in [0.5, 0.6) is 11.5 Å². The summed E-state index contributed by atoms with van der Waals surface area (Å²) in [4.78, 5) is 24.9. The number of hydrogen-bond acceptors (Lipinski definition) is 5. The van der Waals surface area contributed by atoms with E-state index in [-0.39, 0.29) is 11.7 Å². The number of methoxy groups -OCH3 is 1. The van der Waals surface area contributed by atoms with Crippen LogP contribution in [0.3, 0.4) is 0 Å². The number of benzene rings is 1. The molecule has 138 valence electrons. The summed E-state index contributed by atoms with van der Waals surface area (Å²) in [5, 5.41) is 17.1. The zero-order valence-corrected chi connectivity index (χ0v) is 14.9. The number of aromatic nitrogens is 2. The topological polar surface area (TPSA) is 93.5 Å². The minimum Gasteiger partial charge on any atom is -0.505 e. The van der Waals surface area contributed by atoms with E-state index >= 15 is 0 Å². The van der Waals surface area contributed by atoms with Crippen LogP contribution in [-0.2, 0) is 0 Å². The number of ether oxygens (including phenoxy) is 1. The van der Waals surface area contributed by atoms with Gasteiger partial charge in [0.1, 0.15) is 11.4 Å². The molecule has 1 heterocycles. The molecule has 1 aromatic carbocycles. The van der Waals surface area contributed by atoms with E-state index in [1.807, 2.05) is 0 Å². The van der Waals surface area contributed by atoms with Crippen LogP contribution < -0.4 is 15.6 Å². The van der Waals surface area contributed by atoms with Gasteiger partial charge in [-0.1, -0.05) is 31.9 Å². The van der Waals surface area contributed by atoms with Crippen LogP contribution in [0.2, 0.25) is 0 Å². The molecule has 0 aliphatic heterocycles. The minimum absolute atomic E-state index is 0.0455. The highest BCUT2D eigenvalue weighted by Gasteiger charge is 2.26. The maximum atomic E-state index is 12.6. The van der Waals surface area contributed by atoms with Gasteiger partial charge in [-0.3, -0.25) is 9.59 Å². The zero-order valence-electron chi connectivity index (χ0n) is 14.9. The first-order valence-electron chi connectivity index (χ1n) is 8.79. The molecule has 1 saturated carbocycles. The van der Waals surface area contributed by atoms with E-state index in [4.69, 9.17) is 4.74 Å². The molecule has 2 unspecified atom stereocenters. The molecule has 1 amide bonds. The average molecular weight is 357 g/mol. The van der Waals surface area contributed by atoms with Gasteiger partial charge in [0.25, 0.3) is 11.5 Å². The van der Waals surface area contributed by atoms with Gasteiger partial charge in [-0.05, 0) is 30.9 Å². The third-order valence-corrected chi connectivity index (χ3v) is 4.87. The number of amides is 1. The number of rotatable bonds is 4. The number of para-hydroxylation sites is 2. The van der Waals surface area contributed by atoms with Crippen molar-refractivity contribution in [3.05, 3.63) is 46.4 Å². The van der Waals surface area contributed by atoms with Crippen molar-refractivity contribution in [3.63, 3.8) is 0 Å². The summed E-state index contributed by atoms with van der Waals surface area (Å²) < 4.78 is 6.33. The van der Waals surface area contributed by atoms with Crippen LogP contribution in [0.1, 0.15) is 43.1 Å². The Bertz CT molecular complexity index is 862. The van der Waals surface area contributed by atoms with Crippen LogP contribution >= 0.6 is 0 Å². The van der Waals surface area contributed by atoms with Gasteiger partial charge in [-0.25, -0.2) is 0 Å². The Kier molecular flexibility index (Phi) is 5.25. The fraction of sp³-hybridized carbons (Fsp3) is 0.421. The summed E-state index contributed by atoms with van der Waals surface area (Å²) in [5.41, 5.74) is -0.317. The van der Waals surface area contributed by atoms with Gasteiger partial charge in [0, 0.05) is 12.1 Å². The van der Waals surface area contributed by atoms with E-state index in [1.165, 1.54) is 7.11 Å². The molecule has 0 saturated heterocycles. The Labute approximate surface area is 151 Å². The van der Waals surface area contributed by atoms with Crippen molar-refractivity contribution in [1.29, 1.82) is 0 Å². The molecule has 0 bridgehead atoms. The predicted octanol–water partition coefficient (Wildman–Crippen LogP) is 2.26. The highest BCUT2D eigenvalue weighted by molar-refractivity contribution is 5.94. The molecule has 1 aromatic heterocycles. The van der Waals surface area contributed by atoms with Gasteiger partial charge in [0.15, 0.2) is 11.4 Å². The average Bonchev–Trinajstić information content (AvgIpc) is 2.63. The molecule has 1 aliphatic rings. The second-order valence-electron chi connectivity index (χ2n) is 6.64. The van der Waals surface area contributed by atoms with Crippen LogP contribution in [-0.4, -0.2) is 33.9 Å². The standard InChI is InChI=1S/C19H23N3O4/c1-12-7-3-4-8-13(12)20-19(25)18-15(23)11-17(24)22(21-18)14-9-5-6-10-16(14)26-2/h5-6,9-13,23H,3-4,7-8H2,1-2H3,(H,20,25). The van der Waals surface area contributed by atoms with Crippen LogP contribution in [0.4, 0.5) is 0 Å². The van der Waals surface area contributed by atoms with Crippen molar-refractivity contribution >= 4 is 5.91 Å². The molecule has 0 radical (unpaired) electrons. The summed E-state index contributed by atoms with van der Waals surface area (Å²) in [7, 11) is 1.49. The van der Waals surface area contributed by atoms with Crippen molar-refractivity contribution < 1.29 is 14.6 Å². The normalized spacial score (nSPS) is 19.8. The number of aromatic hydroxyl groups is 1. The van der Waals surface area contributed by atoms with E-state index in [0.717, 1.165) is 36.4 Å². The van der Waals surface area contributed by atoms with E-state index in [2.05, 4.69) is 17.3 Å². The van der Waals surface area contributed by atoms with Gasteiger partial charge < -0.3 is 15.2 Å². The summed E-state index contributed by atoms with van der Waals surface area (Å²) in [6.45, 7) is 2.10. The molecule has 3 rings (SSSR count). The molecular weight excluding hydrogens is 334 g/mol. The lowest BCUT2D eigenvalue weighted by Crippen LogP contribution is -2.42. The molecule has 2 N–H and O–H groups in total. The molecule has 2 atom stereocenters. The monoisotopic (exact) mass is 357 g/mol. The van der Waals surface area contributed by atoms with Crippen molar-refractivity contribution in [3.8, 4) is 17.2 Å². The van der Waals surface area contributed by atoms with E-state index in [0.29, 0.717) is 17.4 Å². The molecule has 26 heavy (non-hydrogen) atoms. The Hall–Kier alpha value is -2.83. The first kappa shape index (κ1) is 18.0. The molecule has 7 heteroatoms. The van der Waals surface area contributed by atoms with Crippen LogP contribution in [0, 0.1) is 5.92 Å². The number of nitrogens with zero attached hydrogens (tertiary/aromatic N) is 2. The van der Waals surface area contributed by atoms with E-state index in [1.54, 1.807) is 24.3 Å². The molecule has 2 aromatic rings. The second-order valence-corrected chi connectivity index (χ2v) is 6.64. The fourth-order valence-electron chi connectivity index (χ4n) is 3.35. The Morgan fingerprint density at radius 1 is 1.31 bits per heavy atom. The van der Waals surface area contributed by atoms with Gasteiger partial charge in [-0.2, -0.15) is 9.78 Å². The molecule has 1 fully saturated rings. The first-order valence-corrected chi connectivity index (χ1v) is 8.79. The van der Waals surface area contributed by atoms with Gasteiger partial charge in [0.2, 0.25) is 0 Å². The van der Waals surface area contributed by atoms with Crippen molar-refractivity contribution in [1.82, 2.24) is 15.1 Å². The third kappa shape index (κ3) is 3.56. The Morgan fingerprint density at radius 2 is 2.04 bits per heavy atom. The minimum atomic E-state index is -0.547. The smallest absolute Gasteiger partial charge is 0.275 e. The Morgan fingerprint density at radius 3 is 2.77 bits per heavy atom. The van der Waals surface area contributed by atoms with Gasteiger partial charge >= 0.3 is 0 Å². The summed E-state index contributed by atoms with van der Waals surface area (Å²) in [6, 6.07) is 7.91. The molecule has 7 nitrogen and oxygen atoms in total. The number of carbonyl (C=O) groups is 1. The lowest BCUT2D eigenvalue weighted by atomic mass is 9.86. The van der Waals surface area contributed by atoms with E-state index in [9.17, 15) is 14.7 Å². The number of hydrogen-bond donors (Lipinski definition) is 2. The van der Waals surface area contributed by atoms with Crippen LogP contribution in [0.15, 0.2) is 35.1 Å². The lowest BCUT2D eigenvalue weighted by molar-refractivity contribution is 0.0900. The van der Waals surface area contributed by atoms with Crippen molar-refractivity contribution in [2.75, 3.05) is 7.11 Å². The maximum Gasteiger partial charge on any atom is 0.275 e. The second kappa shape index (κ2) is 7.59. The Balaban J connectivity index is 1.95. The number of nitrogens with one attached hydrogen (secondary N) is 1.